The van der Waals surface area contributed by atoms with Gasteiger partial charge >= 0.3 is 53.3 Å². The summed E-state index contributed by atoms with van der Waals surface area (Å²) in [4.78, 5) is 0. The number of alkyl halides is 18. The number of hydrogen-bond donors (Lipinski definition) is 0. The van der Waals surface area contributed by atoms with Gasteiger partial charge in [0.1, 0.15) is 0 Å². The molecule has 0 bridgehead atoms. The third-order valence-electron chi connectivity index (χ3n) is 5.96. The maximum Gasteiger partial charge on any atom is 0.385 e. The van der Waals surface area contributed by atoms with E-state index in [1.165, 1.54) is 0 Å². The molecule has 0 nitrogen and oxygen atoms in total. The van der Waals surface area contributed by atoms with Crippen LogP contribution >= 0.6 is 23.2 Å². The molecule has 0 saturated carbocycles. The molecule has 0 radical (unpaired) electrons. The monoisotopic (exact) mass is 700 g/mol. The molecule has 20 heteroatoms. The summed E-state index contributed by atoms with van der Waals surface area (Å²) in [5, 5.41) is -0.539. The Labute approximate surface area is 238 Å². The molecule has 2 rings (SSSR count). The van der Waals surface area contributed by atoms with Crippen LogP contribution < -0.4 is 0 Å². The average Bonchev–Trinajstić information content (AvgIpc) is 2.85. The van der Waals surface area contributed by atoms with Crippen molar-refractivity contribution in [3.63, 3.8) is 0 Å². The summed E-state index contributed by atoms with van der Waals surface area (Å²) in [6.07, 6.45) is -5.37. The summed E-state index contributed by atoms with van der Waals surface area (Å²) in [7, 11) is 0. The normalized spacial score (nSPS) is 15.2. The van der Waals surface area contributed by atoms with E-state index in [2.05, 4.69) is 0 Å². The van der Waals surface area contributed by atoms with Crippen LogP contribution in [0.4, 0.5) is 79.0 Å². The van der Waals surface area contributed by atoms with Crippen LogP contribution in [0.2, 0.25) is 10.0 Å². The minimum Gasteiger partial charge on any atom is -0.199 e. The highest BCUT2D eigenvalue weighted by molar-refractivity contribution is 6.30. The number of benzene rings is 2. The smallest absolute Gasteiger partial charge is 0.199 e. The van der Waals surface area contributed by atoms with E-state index in [-0.39, 0.29) is 10.0 Å². The van der Waals surface area contributed by atoms with Gasteiger partial charge in [0.25, 0.3) is 0 Å². The van der Waals surface area contributed by atoms with Crippen LogP contribution in [0, 0.1) is 0 Å². The molecule has 0 unspecified atom stereocenters. The largest absolute Gasteiger partial charge is 0.385 e. The van der Waals surface area contributed by atoms with Crippen LogP contribution in [0.25, 0.3) is 0 Å². The summed E-state index contributed by atoms with van der Waals surface area (Å²) >= 11 is 10.7. The molecular weight excluding hydrogens is 689 g/mol. The lowest BCUT2D eigenvalue weighted by Gasteiger charge is -2.44. The zero-order valence-corrected chi connectivity index (χ0v) is 21.6. The van der Waals surface area contributed by atoms with Gasteiger partial charge in [-0.2, -0.15) is 79.0 Å². The summed E-state index contributed by atoms with van der Waals surface area (Å²) < 4.78 is 254. The van der Waals surface area contributed by atoms with E-state index in [0.717, 1.165) is 0 Å². The lowest BCUT2D eigenvalue weighted by molar-refractivity contribution is -0.462. The van der Waals surface area contributed by atoms with Gasteiger partial charge in [-0.25, -0.2) is 0 Å². The van der Waals surface area contributed by atoms with Gasteiger partial charge < -0.3 is 0 Å². The fourth-order valence-corrected chi connectivity index (χ4v) is 3.64. The molecule has 0 aliphatic heterocycles. The first kappa shape index (κ1) is 36.9. The second-order valence-corrected chi connectivity index (χ2v) is 9.91. The Kier molecular flexibility index (Phi) is 9.43. The summed E-state index contributed by atoms with van der Waals surface area (Å²) in [6, 6.07) is 4.43. The van der Waals surface area contributed by atoms with E-state index >= 15 is 0 Å². The fraction of sp³-hybridized carbons (Fsp3) is 0.478. The van der Waals surface area contributed by atoms with Crippen LogP contribution in [0.3, 0.4) is 0 Å². The molecule has 0 fully saturated rings. The standard InChI is InChI=1S/C23H12Cl2F18/c24-13-5-1-11(2-6-13)9-15(26,27)17(30,31)19(34,35)21(38,39)23(42,43)22(40,41)20(36,37)18(32,33)16(28,29)10-12-3-7-14(25)8-4-12/h1-8H,9-10H2. The van der Waals surface area contributed by atoms with Gasteiger partial charge in [0, 0.05) is 22.9 Å². The van der Waals surface area contributed by atoms with Crippen molar-refractivity contribution in [2.45, 2.75) is 66.1 Å². The topological polar surface area (TPSA) is 0 Å². The lowest BCUT2D eigenvalue weighted by Crippen LogP contribution is -2.76. The van der Waals surface area contributed by atoms with Gasteiger partial charge in [0.15, 0.2) is 0 Å². The Morgan fingerprint density at radius 1 is 0.326 bits per heavy atom. The molecule has 0 heterocycles. The highest BCUT2D eigenvalue weighted by atomic mass is 35.5. The highest BCUT2D eigenvalue weighted by Crippen LogP contribution is 2.65. The van der Waals surface area contributed by atoms with Gasteiger partial charge in [0.05, 0.1) is 0 Å². The van der Waals surface area contributed by atoms with Gasteiger partial charge in [-0.1, -0.05) is 47.5 Å². The van der Waals surface area contributed by atoms with Crippen LogP contribution in [-0.2, 0) is 12.8 Å². The van der Waals surface area contributed by atoms with E-state index in [9.17, 15) is 79.0 Å². The molecular formula is C23H12Cl2F18. The first-order valence-corrected chi connectivity index (χ1v) is 11.6. The van der Waals surface area contributed by atoms with Crippen LogP contribution in [0.5, 0.6) is 0 Å². The Morgan fingerprint density at radius 3 is 0.721 bits per heavy atom. The molecule has 0 N–H and O–H groups in total. The molecule has 43 heavy (non-hydrogen) atoms. The third-order valence-corrected chi connectivity index (χ3v) is 6.47. The molecule has 0 aliphatic carbocycles. The lowest BCUT2D eigenvalue weighted by atomic mass is 9.84. The van der Waals surface area contributed by atoms with Crippen LogP contribution in [-0.4, -0.2) is 53.3 Å². The van der Waals surface area contributed by atoms with E-state index in [0.29, 0.717) is 48.5 Å². The van der Waals surface area contributed by atoms with E-state index in [1.807, 2.05) is 0 Å². The predicted octanol–water partition coefficient (Wildman–Crippen LogP) is 10.5. The van der Waals surface area contributed by atoms with Crippen molar-refractivity contribution in [1.29, 1.82) is 0 Å². The maximum atomic E-state index is 14.1. The second kappa shape index (κ2) is 11.0. The molecule has 0 aliphatic rings. The Bertz CT molecular complexity index is 1170. The molecule has 2 aromatic rings. The molecule has 0 aromatic heterocycles. The fourth-order valence-electron chi connectivity index (χ4n) is 3.38. The van der Waals surface area contributed by atoms with Crippen molar-refractivity contribution in [3.05, 3.63) is 69.7 Å². The molecule has 0 saturated heterocycles. The summed E-state index contributed by atoms with van der Waals surface area (Å²) in [5.41, 5.74) is -2.20. The number of hydrogen-bond acceptors (Lipinski definition) is 0. The Balaban J connectivity index is 2.56. The second-order valence-electron chi connectivity index (χ2n) is 9.04. The number of rotatable bonds is 12. The SMILES string of the molecule is FC(F)(Cc1ccc(Cl)cc1)C(F)(F)C(F)(F)C(F)(F)C(F)(F)C(F)(F)C(F)(F)C(F)(F)C(F)(F)Cc1ccc(Cl)cc1. The molecule has 0 amide bonds. The molecule has 0 spiro atoms. The van der Waals surface area contributed by atoms with Crippen LogP contribution in [0.15, 0.2) is 48.5 Å². The van der Waals surface area contributed by atoms with Gasteiger partial charge in [-0.15, -0.1) is 0 Å². The predicted molar refractivity (Wildman–Crippen MR) is 115 cm³/mol. The van der Waals surface area contributed by atoms with Crippen molar-refractivity contribution >= 4 is 23.2 Å². The minimum atomic E-state index is -8.81. The molecule has 2 aromatic carbocycles. The van der Waals surface area contributed by atoms with Gasteiger partial charge in [-0.3, -0.25) is 0 Å². The highest BCUT2D eigenvalue weighted by Gasteiger charge is 2.96. The number of halogens is 20. The average molecular weight is 701 g/mol. The van der Waals surface area contributed by atoms with Crippen molar-refractivity contribution < 1.29 is 79.0 Å². The van der Waals surface area contributed by atoms with Crippen molar-refractivity contribution in [3.8, 4) is 0 Å². The first-order chi connectivity index (χ1) is 18.9. The minimum absolute atomic E-state index is 0.269. The van der Waals surface area contributed by atoms with Crippen molar-refractivity contribution in [2.24, 2.45) is 0 Å². The van der Waals surface area contributed by atoms with E-state index in [4.69, 9.17) is 23.2 Å². The third kappa shape index (κ3) is 5.70. The van der Waals surface area contributed by atoms with Crippen LogP contribution in [0.1, 0.15) is 11.1 Å². The zero-order chi connectivity index (χ0) is 33.9. The molecule has 244 valence electrons. The Morgan fingerprint density at radius 2 is 0.512 bits per heavy atom. The maximum absolute atomic E-state index is 14.1. The molecule has 0 atom stereocenters. The first-order valence-electron chi connectivity index (χ1n) is 10.8. The zero-order valence-electron chi connectivity index (χ0n) is 20.1. The van der Waals surface area contributed by atoms with E-state index < -0.39 is 77.3 Å². The summed E-state index contributed by atoms with van der Waals surface area (Å²) in [6.45, 7) is 0. The summed E-state index contributed by atoms with van der Waals surface area (Å²) in [5.74, 6) is -71.8. The van der Waals surface area contributed by atoms with E-state index in [1.54, 1.807) is 0 Å². The van der Waals surface area contributed by atoms with Crippen molar-refractivity contribution in [2.75, 3.05) is 0 Å². The Hall–Kier alpha value is -2.24. The van der Waals surface area contributed by atoms with Crippen molar-refractivity contribution in [1.82, 2.24) is 0 Å². The van der Waals surface area contributed by atoms with Gasteiger partial charge in [-0.05, 0) is 35.4 Å². The van der Waals surface area contributed by atoms with Gasteiger partial charge in [0.2, 0.25) is 0 Å². The quantitative estimate of drug-likeness (QED) is 0.193.